The SMILES string of the molecule is COc1cccc(C(=O)O)c1C(=O)Nc1ccc(C)cc1. The van der Waals surface area contributed by atoms with Gasteiger partial charge in [-0.3, -0.25) is 4.79 Å². The molecule has 0 aliphatic heterocycles. The number of methoxy groups -OCH3 is 1. The highest BCUT2D eigenvalue weighted by molar-refractivity contribution is 6.12. The second-order valence-corrected chi connectivity index (χ2v) is 4.51. The summed E-state index contributed by atoms with van der Waals surface area (Å²) in [6, 6.07) is 11.7. The van der Waals surface area contributed by atoms with Crippen LogP contribution in [0.1, 0.15) is 26.3 Å². The van der Waals surface area contributed by atoms with E-state index < -0.39 is 11.9 Å². The van der Waals surface area contributed by atoms with E-state index in [1.54, 1.807) is 18.2 Å². The first kappa shape index (κ1) is 14.6. The van der Waals surface area contributed by atoms with Crippen molar-refractivity contribution < 1.29 is 19.4 Å². The van der Waals surface area contributed by atoms with Gasteiger partial charge < -0.3 is 15.2 Å². The maximum Gasteiger partial charge on any atom is 0.336 e. The summed E-state index contributed by atoms with van der Waals surface area (Å²) in [6.45, 7) is 1.94. The summed E-state index contributed by atoms with van der Waals surface area (Å²) in [7, 11) is 1.39. The van der Waals surface area contributed by atoms with Crippen LogP contribution in [0.2, 0.25) is 0 Å². The summed E-state index contributed by atoms with van der Waals surface area (Å²) in [5.41, 5.74) is 1.57. The van der Waals surface area contributed by atoms with Crippen LogP contribution in [-0.2, 0) is 0 Å². The van der Waals surface area contributed by atoms with Crippen LogP contribution in [0, 0.1) is 6.92 Å². The molecule has 0 bridgehead atoms. The molecule has 0 saturated heterocycles. The lowest BCUT2D eigenvalue weighted by atomic mass is 10.1. The number of carboxylic acids is 1. The minimum atomic E-state index is -1.18. The van der Waals surface area contributed by atoms with Gasteiger partial charge in [-0.15, -0.1) is 0 Å². The number of rotatable bonds is 4. The standard InChI is InChI=1S/C16H15NO4/c1-10-6-8-11(9-7-10)17-15(18)14-12(16(19)20)4-3-5-13(14)21-2/h3-9H,1-2H3,(H,17,18)(H,19,20). The Bertz CT molecular complexity index is 677. The molecule has 0 unspecified atom stereocenters. The van der Waals surface area contributed by atoms with Gasteiger partial charge in [0.05, 0.1) is 18.2 Å². The Balaban J connectivity index is 2.38. The van der Waals surface area contributed by atoms with Gasteiger partial charge in [0.1, 0.15) is 5.75 Å². The molecule has 0 spiro atoms. The van der Waals surface area contributed by atoms with Gasteiger partial charge >= 0.3 is 5.97 Å². The maximum absolute atomic E-state index is 12.3. The summed E-state index contributed by atoms with van der Waals surface area (Å²) in [4.78, 5) is 23.6. The van der Waals surface area contributed by atoms with E-state index in [-0.39, 0.29) is 16.9 Å². The Morgan fingerprint density at radius 1 is 1.10 bits per heavy atom. The van der Waals surface area contributed by atoms with Gasteiger partial charge in [0.25, 0.3) is 5.91 Å². The van der Waals surface area contributed by atoms with Gasteiger partial charge in [-0.25, -0.2) is 4.79 Å². The molecule has 1 amide bonds. The van der Waals surface area contributed by atoms with Crippen LogP contribution in [0.4, 0.5) is 5.69 Å². The highest BCUT2D eigenvalue weighted by Gasteiger charge is 2.21. The zero-order valence-electron chi connectivity index (χ0n) is 11.7. The highest BCUT2D eigenvalue weighted by Crippen LogP contribution is 2.24. The summed E-state index contributed by atoms with van der Waals surface area (Å²) < 4.78 is 5.09. The highest BCUT2D eigenvalue weighted by atomic mass is 16.5. The fourth-order valence-corrected chi connectivity index (χ4v) is 1.94. The summed E-state index contributed by atoms with van der Waals surface area (Å²) in [5.74, 6) is -1.48. The maximum atomic E-state index is 12.3. The number of hydrogen-bond acceptors (Lipinski definition) is 3. The molecule has 0 aliphatic carbocycles. The Morgan fingerprint density at radius 2 is 1.76 bits per heavy atom. The molecule has 0 fully saturated rings. The lowest BCUT2D eigenvalue weighted by Gasteiger charge is -2.12. The predicted octanol–water partition coefficient (Wildman–Crippen LogP) is 2.95. The second kappa shape index (κ2) is 6.09. The predicted molar refractivity (Wildman–Crippen MR) is 79.1 cm³/mol. The van der Waals surface area contributed by atoms with E-state index in [2.05, 4.69) is 5.32 Å². The number of nitrogens with one attached hydrogen (secondary N) is 1. The van der Waals surface area contributed by atoms with Gasteiger partial charge in [0.2, 0.25) is 0 Å². The molecule has 0 aliphatic rings. The zero-order valence-corrected chi connectivity index (χ0v) is 11.7. The number of benzene rings is 2. The molecule has 21 heavy (non-hydrogen) atoms. The number of aromatic carboxylic acids is 1. The summed E-state index contributed by atoms with van der Waals surface area (Å²) >= 11 is 0. The lowest BCUT2D eigenvalue weighted by Crippen LogP contribution is -2.17. The van der Waals surface area contributed by atoms with E-state index in [0.717, 1.165) is 5.56 Å². The van der Waals surface area contributed by atoms with E-state index in [0.29, 0.717) is 5.69 Å². The number of carboxylic acid groups (broad SMARTS) is 1. The van der Waals surface area contributed by atoms with Gasteiger partial charge in [-0.1, -0.05) is 23.8 Å². The van der Waals surface area contributed by atoms with Crippen LogP contribution in [-0.4, -0.2) is 24.1 Å². The van der Waals surface area contributed by atoms with E-state index in [1.807, 2.05) is 19.1 Å². The molecular formula is C16H15NO4. The molecule has 0 heterocycles. The Morgan fingerprint density at radius 3 is 2.33 bits per heavy atom. The second-order valence-electron chi connectivity index (χ2n) is 4.51. The minimum absolute atomic E-state index is 0.00748. The number of amides is 1. The summed E-state index contributed by atoms with van der Waals surface area (Å²) in [6.07, 6.45) is 0. The van der Waals surface area contributed by atoms with Crippen LogP contribution in [0.3, 0.4) is 0 Å². The van der Waals surface area contributed by atoms with Crippen molar-refractivity contribution in [3.05, 3.63) is 59.2 Å². The van der Waals surface area contributed by atoms with Crippen molar-refractivity contribution in [1.82, 2.24) is 0 Å². The molecule has 108 valence electrons. The third-order valence-electron chi connectivity index (χ3n) is 3.01. The first-order valence-corrected chi connectivity index (χ1v) is 6.31. The number of ether oxygens (including phenoxy) is 1. The fourth-order valence-electron chi connectivity index (χ4n) is 1.94. The third-order valence-corrected chi connectivity index (χ3v) is 3.01. The largest absolute Gasteiger partial charge is 0.496 e. The van der Waals surface area contributed by atoms with Crippen molar-refractivity contribution in [2.45, 2.75) is 6.92 Å². The molecule has 0 saturated carbocycles. The average molecular weight is 285 g/mol. The molecular weight excluding hydrogens is 270 g/mol. The lowest BCUT2D eigenvalue weighted by molar-refractivity contribution is 0.0692. The molecule has 5 heteroatoms. The third kappa shape index (κ3) is 3.20. The summed E-state index contributed by atoms with van der Waals surface area (Å²) in [5, 5.41) is 11.9. The first-order chi connectivity index (χ1) is 10.0. The van der Waals surface area contributed by atoms with E-state index >= 15 is 0 Å². The Hall–Kier alpha value is -2.82. The van der Waals surface area contributed by atoms with Crippen LogP contribution in [0.15, 0.2) is 42.5 Å². The quantitative estimate of drug-likeness (QED) is 0.905. The Kier molecular flexibility index (Phi) is 4.23. The van der Waals surface area contributed by atoms with Crippen molar-refractivity contribution >= 4 is 17.6 Å². The van der Waals surface area contributed by atoms with Crippen molar-refractivity contribution in [2.75, 3.05) is 12.4 Å². The zero-order chi connectivity index (χ0) is 15.4. The number of carbonyl (C=O) groups excluding carboxylic acids is 1. The normalized spacial score (nSPS) is 10.0. The van der Waals surface area contributed by atoms with Crippen LogP contribution >= 0.6 is 0 Å². The molecule has 0 radical (unpaired) electrons. The monoisotopic (exact) mass is 285 g/mol. The van der Waals surface area contributed by atoms with Crippen LogP contribution in [0.25, 0.3) is 0 Å². The molecule has 5 nitrogen and oxygen atoms in total. The molecule has 0 atom stereocenters. The van der Waals surface area contributed by atoms with Crippen molar-refractivity contribution in [3.8, 4) is 5.75 Å². The minimum Gasteiger partial charge on any atom is -0.496 e. The van der Waals surface area contributed by atoms with Crippen molar-refractivity contribution in [1.29, 1.82) is 0 Å². The molecule has 2 N–H and O–H groups in total. The topological polar surface area (TPSA) is 75.6 Å². The van der Waals surface area contributed by atoms with Gasteiger partial charge in [-0.05, 0) is 31.2 Å². The van der Waals surface area contributed by atoms with Crippen molar-refractivity contribution in [3.63, 3.8) is 0 Å². The number of carbonyl (C=O) groups is 2. The van der Waals surface area contributed by atoms with Gasteiger partial charge in [0, 0.05) is 5.69 Å². The number of anilines is 1. The molecule has 2 rings (SSSR count). The van der Waals surface area contributed by atoms with Crippen LogP contribution in [0.5, 0.6) is 5.75 Å². The molecule has 2 aromatic rings. The average Bonchev–Trinajstić information content (AvgIpc) is 2.48. The number of hydrogen-bond donors (Lipinski definition) is 2. The van der Waals surface area contributed by atoms with Crippen LogP contribution < -0.4 is 10.1 Å². The molecule has 2 aromatic carbocycles. The first-order valence-electron chi connectivity index (χ1n) is 6.31. The van der Waals surface area contributed by atoms with E-state index in [4.69, 9.17) is 4.74 Å². The van der Waals surface area contributed by atoms with Gasteiger partial charge in [-0.2, -0.15) is 0 Å². The smallest absolute Gasteiger partial charge is 0.336 e. The molecule has 0 aromatic heterocycles. The van der Waals surface area contributed by atoms with Gasteiger partial charge in [0.15, 0.2) is 0 Å². The number of aryl methyl sites for hydroxylation is 1. The Labute approximate surface area is 122 Å². The van der Waals surface area contributed by atoms with E-state index in [1.165, 1.54) is 19.2 Å². The fraction of sp³-hybridized carbons (Fsp3) is 0.125. The van der Waals surface area contributed by atoms with E-state index in [9.17, 15) is 14.7 Å². The van der Waals surface area contributed by atoms with Crippen molar-refractivity contribution in [2.24, 2.45) is 0 Å².